The fraction of sp³-hybridized carbons (Fsp3) is 0.647. The van der Waals surface area contributed by atoms with Gasteiger partial charge in [0.2, 0.25) is 0 Å². The van der Waals surface area contributed by atoms with E-state index < -0.39 is 0 Å². The molecule has 0 spiro atoms. The Labute approximate surface area is 133 Å². The van der Waals surface area contributed by atoms with Crippen molar-refractivity contribution in [1.29, 1.82) is 0 Å². The van der Waals surface area contributed by atoms with Gasteiger partial charge in [-0.05, 0) is 37.8 Å². The van der Waals surface area contributed by atoms with Crippen molar-refractivity contribution in [3.8, 4) is 0 Å². The standard InChI is InChI=1S/C17H27ClN2O/c1-4-14(19)9-13-7-6-8-16(18)17(13)20-10-12(3)21-11-15(20)5-2/h6-8,12,14-15H,4-5,9-11,19H2,1-3H3. The molecular formula is C17H27ClN2O. The highest BCUT2D eigenvalue weighted by Crippen LogP contribution is 2.34. The van der Waals surface area contributed by atoms with Crippen LogP contribution in [0.4, 0.5) is 5.69 Å². The third-order valence-corrected chi connectivity index (χ3v) is 4.61. The topological polar surface area (TPSA) is 38.5 Å². The minimum Gasteiger partial charge on any atom is -0.375 e. The van der Waals surface area contributed by atoms with Crippen molar-refractivity contribution in [2.45, 2.75) is 58.2 Å². The Morgan fingerprint density at radius 2 is 2.19 bits per heavy atom. The summed E-state index contributed by atoms with van der Waals surface area (Å²) in [5.74, 6) is 0. The van der Waals surface area contributed by atoms with Crippen LogP contribution in [0.3, 0.4) is 0 Å². The summed E-state index contributed by atoms with van der Waals surface area (Å²) in [6.07, 6.45) is 3.13. The van der Waals surface area contributed by atoms with Crippen molar-refractivity contribution < 1.29 is 4.74 Å². The SMILES string of the molecule is CCC(N)Cc1cccc(Cl)c1N1CC(C)OCC1CC. The minimum atomic E-state index is 0.181. The number of para-hydroxylation sites is 1. The molecular weight excluding hydrogens is 284 g/mol. The quantitative estimate of drug-likeness (QED) is 0.902. The Morgan fingerprint density at radius 3 is 2.86 bits per heavy atom. The van der Waals surface area contributed by atoms with Gasteiger partial charge in [-0.15, -0.1) is 0 Å². The molecule has 3 atom stereocenters. The maximum absolute atomic E-state index is 6.54. The van der Waals surface area contributed by atoms with Crippen LogP contribution in [0.25, 0.3) is 0 Å². The molecule has 21 heavy (non-hydrogen) atoms. The van der Waals surface area contributed by atoms with Gasteiger partial charge >= 0.3 is 0 Å². The van der Waals surface area contributed by atoms with Crippen LogP contribution in [0.1, 0.15) is 39.2 Å². The second-order valence-electron chi connectivity index (χ2n) is 5.98. The molecule has 0 aliphatic carbocycles. The zero-order valence-electron chi connectivity index (χ0n) is 13.3. The summed E-state index contributed by atoms with van der Waals surface area (Å²) in [6.45, 7) is 8.10. The average Bonchev–Trinajstić information content (AvgIpc) is 2.47. The first-order valence-corrected chi connectivity index (χ1v) is 8.35. The number of benzene rings is 1. The van der Waals surface area contributed by atoms with Crippen LogP contribution in [0, 0.1) is 0 Å². The first-order valence-electron chi connectivity index (χ1n) is 7.98. The van der Waals surface area contributed by atoms with Crippen LogP contribution in [-0.4, -0.2) is 31.3 Å². The molecule has 1 aromatic rings. The van der Waals surface area contributed by atoms with Crippen molar-refractivity contribution in [2.75, 3.05) is 18.1 Å². The molecule has 0 bridgehead atoms. The average molecular weight is 311 g/mol. The Kier molecular flexibility index (Phi) is 5.91. The van der Waals surface area contributed by atoms with Gasteiger partial charge < -0.3 is 15.4 Å². The van der Waals surface area contributed by atoms with E-state index in [2.05, 4.69) is 31.7 Å². The van der Waals surface area contributed by atoms with E-state index in [1.165, 1.54) is 5.56 Å². The summed E-state index contributed by atoms with van der Waals surface area (Å²) >= 11 is 6.54. The van der Waals surface area contributed by atoms with E-state index in [1.54, 1.807) is 0 Å². The van der Waals surface area contributed by atoms with Crippen molar-refractivity contribution in [1.82, 2.24) is 0 Å². The Hall–Kier alpha value is -0.770. The zero-order valence-corrected chi connectivity index (χ0v) is 14.1. The Bertz CT molecular complexity index is 466. The molecule has 1 aliphatic heterocycles. The predicted octanol–water partition coefficient (Wildman–Crippen LogP) is 3.62. The molecule has 2 rings (SSSR count). The van der Waals surface area contributed by atoms with E-state index in [0.29, 0.717) is 6.04 Å². The summed E-state index contributed by atoms with van der Waals surface area (Å²) in [4.78, 5) is 2.42. The molecule has 0 aromatic heterocycles. The van der Waals surface area contributed by atoms with E-state index in [-0.39, 0.29) is 12.1 Å². The zero-order chi connectivity index (χ0) is 15.4. The summed E-state index contributed by atoms with van der Waals surface area (Å²) in [7, 11) is 0. The Balaban J connectivity index is 2.35. The first kappa shape index (κ1) is 16.6. The van der Waals surface area contributed by atoms with E-state index in [9.17, 15) is 0 Å². The maximum Gasteiger partial charge on any atom is 0.0723 e. The van der Waals surface area contributed by atoms with Crippen molar-refractivity contribution in [3.63, 3.8) is 0 Å². The lowest BCUT2D eigenvalue weighted by atomic mass is 10.00. The van der Waals surface area contributed by atoms with Crippen LogP contribution in [-0.2, 0) is 11.2 Å². The van der Waals surface area contributed by atoms with E-state index >= 15 is 0 Å². The molecule has 2 N–H and O–H groups in total. The highest BCUT2D eigenvalue weighted by atomic mass is 35.5. The molecule has 3 unspecified atom stereocenters. The van der Waals surface area contributed by atoms with Gasteiger partial charge in [0.25, 0.3) is 0 Å². The predicted molar refractivity (Wildman–Crippen MR) is 90.3 cm³/mol. The minimum absolute atomic E-state index is 0.181. The van der Waals surface area contributed by atoms with Gasteiger partial charge in [0, 0.05) is 12.6 Å². The molecule has 1 heterocycles. The lowest BCUT2D eigenvalue weighted by molar-refractivity contribution is 0.0299. The number of hydrogen-bond acceptors (Lipinski definition) is 3. The van der Waals surface area contributed by atoms with Crippen LogP contribution in [0.15, 0.2) is 18.2 Å². The number of hydrogen-bond donors (Lipinski definition) is 1. The normalized spacial score (nSPS) is 24.1. The molecule has 0 saturated carbocycles. The first-order chi connectivity index (χ1) is 10.1. The monoisotopic (exact) mass is 310 g/mol. The van der Waals surface area contributed by atoms with Gasteiger partial charge in [0.15, 0.2) is 0 Å². The van der Waals surface area contributed by atoms with E-state index in [1.807, 2.05) is 12.1 Å². The third-order valence-electron chi connectivity index (χ3n) is 4.30. The van der Waals surface area contributed by atoms with Gasteiger partial charge in [-0.25, -0.2) is 0 Å². The molecule has 1 aromatic carbocycles. The Morgan fingerprint density at radius 1 is 1.43 bits per heavy atom. The fourth-order valence-corrected chi connectivity index (χ4v) is 3.23. The molecule has 1 aliphatic rings. The highest BCUT2D eigenvalue weighted by Gasteiger charge is 2.28. The molecule has 1 saturated heterocycles. The fourth-order valence-electron chi connectivity index (χ4n) is 2.93. The lowest BCUT2D eigenvalue weighted by Gasteiger charge is -2.41. The molecule has 4 heteroatoms. The van der Waals surface area contributed by atoms with Gasteiger partial charge in [0.1, 0.15) is 0 Å². The summed E-state index contributed by atoms with van der Waals surface area (Å²) < 4.78 is 5.81. The highest BCUT2D eigenvalue weighted by molar-refractivity contribution is 6.33. The number of rotatable bonds is 5. The second kappa shape index (κ2) is 7.48. The number of nitrogens with two attached hydrogens (primary N) is 1. The van der Waals surface area contributed by atoms with Gasteiger partial charge in [0.05, 0.1) is 29.5 Å². The third kappa shape index (κ3) is 3.91. The molecule has 0 amide bonds. The van der Waals surface area contributed by atoms with Gasteiger partial charge in [-0.3, -0.25) is 0 Å². The van der Waals surface area contributed by atoms with Crippen LogP contribution >= 0.6 is 11.6 Å². The number of halogens is 1. The number of morpholine rings is 1. The van der Waals surface area contributed by atoms with Crippen LogP contribution in [0.2, 0.25) is 5.02 Å². The molecule has 118 valence electrons. The molecule has 0 radical (unpaired) electrons. The lowest BCUT2D eigenvalue weighted by Crippen LogP contribution is -2.49. The van der Waals surface area contributed by atoms with E-state index in [0.717, 1.165) is 43.1 Å². The van der Waals surface area contributed by atoms with Crippen LogP contribution in [0.5, 0.6) is 0 Å². The second-order valence-corrected chi connectivity index (χ2v) is 6.39. The smallest absolute Gasteiger partial charge is 0.0723 e. The van der Waals surface area contributed by atoms with Crippen molar-refractivity contribution in [3.05, 3.63) is 28.8 Å². The largest absolute Gasteiger partial charge is 0.375 e. The summed E-state index contributed by atoms with van der Waals surface area (Å²) in [6, 6.07) is 6.72. The number of ether oxygens (including phenoxy) is 1. The molecule has 1 fully saturated rings. The van der Waals surface area contributed by atoms with Gasteiger partial charge in [-0.1, -0.05) is 37.6 Å². The number of nitrogens with zero attached hydrogens (tertiary/aromatic N) is 1. The number of anilines is 1. The van der Waals surface area contributed by atoms with Crippen LogP contribution < -0.4 is 10.6 Å². The summed E-state index contributed by atoms with van der Waals surface area (Å²) in [5.41, 5.74) is 8.57. The van der Waals surface area contributed by atoms with Crippen molar-refractivity contribution >= 4 is 17.3 Å². The van der Waals surface area contributed by atoms with Gasteiger partial charge in [-0.2, -0.15) is 0 Å². The summed E-state index contributed by atoms with van der Waals surface area (Å²) in [5, 5.41) is 0.823. The molecule has 3 nitrogen and oxygen atoms in total. The van der Waals surface area contributed by atoms with E-state index in [4.69, 9.17) is 22.1 Å². The maximum atomic E-state index is 6.54. The van der Waals surface area contributed by atoms with Crippen molar-refractivity contribution in [2.24, 2.45) is 5.73 Å².